The predicted molar refractivity (Wildman–Crippen MR) is 65.6 cm³/mol. The van der Waals surface area contributed by atoms with Gasteiger partial charge in [-0.2, -0.15) is 0 Å². The number of ether oxygens (including phenoxy) is 2. The van der Waals surface area contributed by atoms with Crippen molar-refractivity contribution in [2.75, 3.05) is 13.7 Å². The number of methoxy groups -OCH3 is 1. The molecule has 0 radical (unpaired) electrons. The Bertz CT molecular complexity index is 386. The average molecular weight is 258 g/mol. The third kappa shape index (κ3) is 2.95. The number of rotatable bonds is 4. The van der Waals surface area contributed by atoms with Crippen LogP contribution < -0.4 is 4.74 Å². The lowest BCUT2D eigenvalue weighted by atomic mass is 9.99. The standard InChI is InChI=1S/C12H16FO3P/c1-14-12(7-15-17)11-4-2-8-6-9(13)3-5-10(8)16-11/h3,5-6,11-12H,2,4,7,17H2,1H3/t11-,12+/m1/s1. The molecule has 1 aliphatic heterocycles. The van der Waals surface area contributed by atoms with Gasteiger partial charge in [0, 0.05) is 16.6 Å². The van der Waals surface area contributed by atoms with Gasteiger partial charge in [0.25, 0.3) is 0 Å². The molecule has 5 heteroatoms. The second-order valence-corrected chi connectivity index (χ2v) is 4.39. The first-order valence-corrected chi connectivity index (χ1v) is 6.01. The van der Waals surface area contributed by atoms with Crippen LogP contribution in [0.25, 0.3) is 0 Å². The van der Waals surface area contributed by atoms with Crippen LogP contribution in [0.3, 0.4) is 0 Å². The Kier molecular flexibility index (Phi) is 4.32. The fraction of sp³-hybridized carbons (Fsp3) is 0.500. The molecule has 3 nitrogen and oxygen atoms in total. The van der Waals surface area contributed by atoms with Gasteiger partial charge in [0.1, 0.15) is 23.8 Å². The molecule has 0 fully saturated rings. The number of aryl methyl sites for hydroxylation is 1. The van der Waals surface area contributed by atoms with Gasteiger partial charge in [0.15, 0.2) is 0 Å². The molecule has 1 aromatic rings. The zero-order chi connectivity index (χ0) is 12.3. The predicted octanol–water partition coefficient (Wildman–Crippen LogP) is 2.34. The maximum Gasteiger partial charge on any atom is 0.127 e. The Morgan fingerprint density at radius 2 is 2.41 bits per heavy atom. The zero-order valence-electron chi connectivity index (χ0n) is 9.69. The maximum atomic E-state index is 13.0. The fourth-order valence-corrected chi connectivity index (χ4v) is 2.25. The number of benzene rings is 1. The molecule has 94 valence electrons. The summed E-state index contributed by atoms with van der Waals surface area (Å²) in [7, 11) is 3.84. The van der Waals surface area contributed by atoms with E-state index in [4.69, 9.17) is 14.0 Å². The smallest absolute Gasteiger partial charge is 0.127 e. The van der Waals surface area contributed by atoms with Crippen molar-refractivity contribution in [3.05, 3.63) is 29.6 Å². The van der Waals surface area contributed by atoms with Crippen LogP contribution in [0.1, 0.15) is 12.0 Å². The quantitative estimate of drug-likeness (QED) is 0.776. The number of halogens is 1. The summed E-state index contributed by atoms with van der Waals surface area (Å²) in [6.45, 7) is 0.461. The van der Waals surface area contributed by atoms with Gasteiger partial charge >= 0.3 is 0 Å². The molecular weight excluding hydrogens is 242 g/mol. The number of hydrogen-bond acceptors (Lipinski definition) is 3. The molecule has 0 amide bonds. The van der Waals surface area contributed by atoms with E-state index in [1.807, 2.05) is 0 Å². The molecule has 1 heterocycles. The molecule has 0 N–H and O–H groups in total. The Hall–Kier alpha value is -0.700. The van der Waals surface area contributed by atoms with Crippen molar-refractivity contribution < 1.29 is 18.4 Å². The maximum absolute atomic E-state index is 13.0. The monoisotopic (exact) mass is 258 g/mol. The Morgan fingerprint density at radius 3 is 3.12 bits per heavy atom. The largest absolute Gasteiger partial charge is 0.487 e. The van der Waals surface area contributed by atoms with Crippen LogP contribution in [-0.2, 0) is 15.7 Å². The first-order valence-electron chi connectivity index (χ1n) is 5.54. The van der Waals surface area contributed by atoms with Crippen molar-refractivity contribution in [3.63, 3.8) is 0 Å². The number of hydrogen-bond donors (Lipinski definition) is 0. The van der Waals surface area contributed by atoms with E-state index in [1.165, 1.54) is 12.1 Å². The first kappa shape index (κ1) is 12.7. The Labute approximate surface area is 103 Å². The lowest BCUT2D eigenvalue weighted by molar-refractivity contribution is -0.0282. The number of fused-ring (bicyclic) bond motifs is 1. The zero-order valence-corrected chi connectivity index (χ0v) is 10.8. The van der Waals surface area contributed by atoms with Gasteiger partial charge in [0.2, 0.25) is 0 Å². The molecule has 1 unspecified atom stereocenters. The summed E-state index contributed by atoms with van der Waals surface area (Å²) in [4.78, 5) is 0. The first-order chi connectivity index (χ1) is 8.24. The van der Waals surface area contributed by atoms with E-state index in [1.54, 1.807) is 13.2 Å². The summed E-state index contributed by atoms with van der Waals surface area (Å²) in [5.74, 6) is 0.524. The van der Waals surface area contributed by atoms with E-state index in [9.17, 15) is 4.39 Å². The van der Waals surface area contributed by atoms with Crippen molar-refractivity contribution in [2.24, 2.45) is 0 Å². The SMILES string of the molecule is CO[C@@H](COP)[C@H]1CCc2cc(F)ccc2O1. The molecule has 0 bridgehead atoms. The third-order valence-electron chi connectivity index (χ3n) is 2.98. The van der Waals surface area contributed by atoms with Gasteiger partial charge in [-0.25, -0.2) is 4.39 Å². The lowest BCUT2D eigenvalue weighted by Crippen LogP contribution is -2.38. The van der Waals surface area contributed by atoms with Crippen LogP contribution in [0.5, 0.6) is 5.75 Å². The molecular formula is C12H16FO3P. The molecule has 0 spiro atoms. The van der Waals surface area contributed by atoms with Crippen molar-refractivity contribution >= 4 is 9.47 Å². The molecule has 0 saturated heterocycles. The van der Waals surface area contributed by atoms with E-state index >= 15 is 0 Å². The summed E-state index contributed by atoms with van der Waals surface area (Å²) in [6.07, 6.45) is 1.46. The molecule has 3 atom stereocenters. The van der Waals surface area contributed by atoms with E-state index in [0.717, 1.165) is 24.2 Å². The molecule has 0 aliphatic carbocycles. The van der Waals surface area contributed by atoms with Crippen molar-refractivity contribution in [3.8, 4) is 5.75 Å². The molecule has 17 heavy (non-hydrogen) atoms. The molecule has 0 aromatic heterocycles. The van der Waals surface area contributed by atoms with E-state index in [0.29, 0.717) is 6.61 Å². The summed E-state index contributed by atoms with van der Waals surface area (Å²) in [5, 5.41) is 0. The second-order valence-electron chi connectivity index (χ2n) is 4.05. The topological polar surface area (TPSA) is 27.7 Å². The molecule has 2 rings (SSSR count). The van der Waals surface area contributed by atoms with Gasteiger partial charge in [-0.1, -0.05) is 0 Å². The van der Waals surface area contributed by atoms with Crippen molar-refractivity contribution in [1.29, 1.82) is 0 Å². The van der Waals surface area contributed by atoms with Crippen LogP contribution in [0.15, 0.2) is 18.2 Å². The fourth-order valence-electron chi connectivity index (χ4n) is 2.06. The highest BCUT2D eigenvalue weighted by molar-refractivity contribution is 7.09. The summed E-state index contributed by atoms with van der Waals surface area (Å²) in [5.41, 5.74) is 0.919. The van der Waals surface area contributed by atoms with Crippen LogP contribution in [0.2, 0.25) is 0 Å². The van der Waals surface area contributed by atoms with Gasteiger partial charge in [-0.05, 0) is 36.6 Å². The highest BCUT2D eigenvalue weighted by atomic mass is 31.0. The minimum absolute atomic E-state index is 0.0430. The van der Waals surface area contributed by atoms with Gasteiger partial charge in [-0.15, -0.1) is 0 Å². The van der Waals surface area contributed by atoms with Crippen molar-refractivity contribution in [2.45, 2.75) is 25.0 Å². The van der Waals surface area contributed by atoms with E-state index in [-0.39, 0.29) is 18.0 Å². The highest BCUT2D eigenvalue weighted by Crippen LogP contribution is 2.29. The van der Waals surface area contributed by atoms with Gasteiger partial charge < -0.3 is 14.0 Å². The summed E-state index contributed by atoms with van der Waals surface area (Å²) < 4.78 is 29.2. The Morgan fingerprint density at radius 1 is 1.59 bits per heavy atom. The van der Waals surface area contributed by atoms with Crippen LogP contribution in [0.4, 0.5) is 4.39 Å². The molecule has 0 saturated carbocycles. The Balaban J connectivity index is 2.09. The third-order valence-corrected chi connectivity index (χ3v) is 3.17. The second kappa shape index (κ2) is 5.76. The lowest BCUT2D eigenvalue weighted by Gasteiger charge is -2.31. The van der Waals surface area contributed by atoms with Gasteiger partial charge in [0.05, 0.1) is 6.61 Å². The van der Waals surface area contributed by atoms with E-state index < -0.39 is 0 Å². The molecule has 1 aromatic carbocycles. The minimum Gasteiger partial charge on any atom is -0.487 e. The summed E-state index contributed by atoms with van der Waals surface area (Å²) >= 11 is 0. The van der Waals surface area contributed by atoms with Crippen molar-refractivity contribution in [1.82, 2.24) is 0 Å². The minimum atomic E-state index is -0.220. The van der Waals surface area contributed by atoms with Crippen LogP contribution in [0, 0.1) is 5.82 Å². The molecule has 1 aliphatic rings. The average Bonchev–Trinajstić information content (AvgIpc) is 2.35. The summed E-state index contributed by atoms with van der Waals surface area (Å²) in [6, 6.07) is 4.61. The van der Waals surface area contributed by atoms with Gasteiger partial charge in [-0.3, -0.25) is 0 Å². The normalized spacial score (nSPS) is 20.5. The highest BCUT2D eigenvalue weighted by Gasteiger charge is 2.27. The van der Waals surface area contributed by atoms with E-state index in [2.05, 4.69) is 9.47 Å². The van der Waals surface area contributed by atoms with Crippen LogP contribution in [-0.4, -0.2) is 25.9 Å². The van der Waals surface area contributed by atoms with Crippen LogP contribution >= 0.6 is 9.47 Å².